The van der Waals surface area contributed by atoms with E-state index >= 15 is 0 Å². The molecule has 0 saturated heterocycles. The molecule has 0 saturated carbocycles. The molecule has 1 aromatic carbocycles. The number of phenols is 1. The standard InChI is InChI=1S/C12H10BrFN2O4/c1-16-8(4-7(15-16)12(18)19)5-3-6(13)10(17)9(14)11(5)20-2/h3-4,17H,1-2H3,(H,18,19). The van der Waals surface area contributed by atoms with Gasteiger partial charge in [0, 0.05) is 12.6 Å². The van der Waals surface area contributed by atoms with Crippen LogP contribution in [0.3, 0.4) is 0 Å². The Morgan fingerprint density at radius 1 is 1.50 bits per heavy atom. The molecule has 20 heavy (non-hydrogen) atoms. The molecule has 2 rings (SSSR count). The molecule has 0 unspecified atom stereocenters. The molecule has 0 atom stereocenters. The first-order valence-corrected chi connectivity index (χ1v) is 6.18. The van der Waals surface area contributed by atoms with Crippen molar-refractivity contribution in [1.29, 1.82) is 0 Å². The van der Waals surface area contributed by atoms with Crippen LogP contribution < -0.4 is 4.74 Å². The van der Waals surface area contributed by atoms with Crippen molar-refractivity contribution in [3.05, 3.63) is 28.1 Å². The van der Waals surface area contributed by atoms with Crippen LogP contribution in [-0.4, -0.2) is 33.1 Å². The van der Waals surface area contributed by atoms with E-state index in [1.165, 1.54) is 31.0 Å². The Bertz CT molecular complexity index is 699. The molecule has 0 fully saturated rings. The fraction of sp³-hybridized carbons (Fsp3) is 0.167. The van der Waals surface area contributed by atoms with E-state index in [9.17, 15) is 14.3 Å². The van der Waals surface area contributed by atoms with Gasteiger partial charge in [0.1, 0.15) is 0 Å². The maximum absolute atomic E-state index is 14.0. The first kappa shape index (κ1) is 14.3. The molecular formula is C12H10BrFN2O4. The molecule has 2 aromatic rings. The second kappa shape index (κ2) is 5.12. The number of aromatic hydroxyl groups is 1. The van der Waals surface area contributed by atoms with Gasteiger partial charge < -0.3 is 14.9 Å². The SMILES string of the molecule is COc1c(-c2cc(C(=O)O)nn2C)cc(Br)c(O)c1F. The number of halogens is 2. The van der Waals surface area contributed by atoms with Gasteiger partial charge in [-0.25, -0.2) is 4.79 Å². The van der Waals surface area contributed by atoms with Gasteiger partial charge in [0.25, 0.3) is 0 Å². The van der Waals surface area contributed by atoms with E-state index in [1.807, 2.05) is 0 Å². The summed E-state index contributed by atoms with van der Waals surface area (Å²) in [5.41, 5.74) is 0.449. The lowest BCUT2D eigenvalue weighted by atomic mass is 10.1. The number of aromatic carboxylic acids is 1. The smallest absolute Gasteiger partial charge is 0.356 e. The van der Waals surface area contributed by atoms with Crippen molar-refractivity contribution >= 4 is 21.9 Å². The van der Waals surface area contributed by atoms with Crippen LogP contribution in [0.5, 0.6) is 11.5 Å². The largest absolute Gasteiger partial charge is 0.504 e. The van der Waals surface area contributed by atoms with Gasteiger partial charge in [-0.3, -0.25) is 4.68 Å². The summed E-state index contributed by atoms with van der Waals surface area (Å²) in [6, 6.07) is 2.73. The van der Waals surface area contributed by atoms with Crippen LogP contribution in [0.2, 0.25) is 0 Å². The van der Waals surface area contributed by atoms with Gasteiger partial charge in [-0.15, -0.1) is 0 Å². The van der Waals surface area contributed by atoms with E-state index in [2.05, 4.69) is 21.0 Å². The highest BCUT2D eigenvalue weighted by atomic mass is 79.9. The predicted octanol–water partition coefficient (Wildman–Crippen LogP) is 2.40. The lowest BCUT2D eigenvalue weighted by Crippen LogP contribution is -2.00. The molecule has 6 nitrogen and oxygen atoms in total. The average molecular weight is 345 g/mol. The Hall–Kier alpha value is -2.09. The molecule has 106 valence electrons. The topological polar surface area (TPSA) is 84.6 Å². The van der Waals surface area contributed by atoms with E-state index < -0.39 is 17.5 Å². The molecule has 1 aromatic heterocycles. The number of hydrogen-bond donors (Lipinski definition) is 2. The highest BCUT2D eigenvalue weighted by molar-refractivity contribution is 9.10. The summed E-state index contributed by atoms with van der Waals surface area (Å²) < 4.78 is 20.3. The minimum absolute atomic E-state index is 0.129. The quantitative estimate of drug-likeness (QED) is 0.892. The van der Waals surface area contributed by atoms with Gasteiger partial charge in [0.2, 0.25) is 5.82 Å². The second-order valence-corrected chi connectivity index (χ2v) is 4.80. The van der Waals surface area contributed by atoms with Crippen LogP contribution in [0.15, 0.2) is 16.6 Å². The summed E-state index contributed by atoms with van der Waals surface area (Å²) >= 11 is 3.03. The number of methoxy groups -OCH3 is 1. The highest BCUT2D eigenvalue weighted by Crippen LogP contribution is 2.41. The molecule has 0 aliphatic rings. The van der Waals surface area contributed by atoms with Crippen molar-refractivity contribution in [3.63, 3.8) is 0 Å². The Kier molecular flexibility index (Phi) is 3.67. The number of aryl methyl sites for hydroxylation is 1. The first-order chi connectivity index (χ1) is 9.36. The zero-order valence-electron chi connectivity index (χ0n) is 10.5. The van der Waals surface area contributed by atoms with Crippen LogP contribution >= 0.6 is 15.9 Å². The second-order valence-electron chi connectivity index (χ2n) is 3.95. The molecular weight excluding hydrogens is 335 g/mol. The van der Waals surface area contributed by atoms with E-state index in [4.69, 9.17) is 9.84 Å². The number of hydrogen-bond acceptors (Lipinski definition) is 4. The number of carbonyl (C=O) groups is 1. The minimum Gasteiger partial charge on any atom is -0.504 e. The van der Waals surface area contributed by atoms with Crippen LogP contribution in [0.4, 0.5) is 4.39 Å². The van der Waals surface area contributed by atoms with Gasteiger partial charge in [0.05, 0.1) is 17.3 Å². The Labute approximate surface area is 121 Å². The van der Waals surface area contributed by atoms with Gasteiger partial charge in [-0.2, -0.15) is 9.49 Å². The van der Waals surface area contributed by atoms with Crippen molar-refractivity contribution in [2.45, 2.75) is 0 Å². The number of benzene rings is 1. The number of rotatable bonds is 3. The van der Waals surface area contributed by atoms with E-state index in [-0.39, 0.29) is 21.5 Å². The molecule has 8 heteroatoms. The average Bonchev–Trinajstić information content (AvgIpc) is 2.78. The summed E-state index contributed by atoms with van der Waals surface area (Å²) in [4.78, 5) is 10.9. The zero-order chi connectivity index (χ0) is 15.0. The van der Waals surface area contributed by atoms with Crippen molar-refractivity contribution in [2.75, 3.05) is 7.11 Å². The van der Waals surface area contributed by atoms with E-state index in [0.717, 1.165) is 0 Å². The van der Waals surface area contributed by atoms with Crippen LogP contribution in [0, 0.1) is 5.82 Å². The third kappa shape index (κ3) is 2.22. The number of phenolic OH excluding ortho intramolecular Hbond substituents is 1. The Balaban J connectivity index is 2.72. The predicted molar refractivity (Wildman–Crippen MR) is 71.5 cm³/mol. The molecule has 0 amide bonds. The molecule has 0 spiro atoms. The van der Waals surface area contributed by atoms with Crippen molar-refractivity contribution in [2.24, 2.45) is 7.05 Å². The number of carboxylic acids is 1. The highest BCUT2D eigenvalue weighted by Gasteiger charge is 2.22. The van der Waals surface area contributed by atoms with Crippen LogP contribution in [-0.2, 0) is 7.05 Å². The Morgan fingerprint density at radius 2 is 2.15 bits per heavy atom. The monoisotopic (exact) mass is 344 g/mol. The molecule has 0 radical (unpaired) electrons. The van der Waals surface area contributed by atoms with Crippen LogP contribution in [0.1, 0.15) is 10.5 Å². The van der Waals surface area contributed by atoms with Gasteiger partial charge in [0.15, 0.2) is 17.2 Å². The van der Waals surface area contributed by atoms with E-state index in [1.54, 1.807) is 0 Å². The maximum Gasteiger partial charge on any atom is 0.356 e. The summed E-state index contributed by atoms with van der Waals surface area (Å²) in [7, 11) is 2.78. The summed E-state index contributed by atoms with van der Waals surface area (Å²) in [5.74, 6) is -2.89. The number of nitrogens with zero attached hydrogens (tertiary/aromatic N) is 2. The first-order valence-electron chi connectivity index (χ1n) is 5.39. The van der Waals surface area contributed by atoms with Gasteiger partial charge in [-0.05, 0) is 28.1 Å². The molecule has 0 aliphatic carbocycles. The zero-order valence-corrected chi connectivity index (χ0v) is 12.1. The number of carboxylic acid groups (broad SMARTS) is 1. The lowest BCUT2D eigenvalue weighted by Gasteiger charge is -2.12. The van der Waals surface area contributed by atoms with Crippen molar-refractivity contribution < 1.29 is 24.1 Å². The van der Waals surface area contributed by atoms with Crippen molar-refractivity contribution in [1.82, 2.24) is 9.78 Å². The summed E-state index contributed by atoms with van der Waals surface area (Å²) in [5, 5.41) is 22.3. The number of ether oxygens (including phenoxy) is 1. The van der Waals surface area contributed by atoms with Crippen LogP contribution in [0.25, 0.3) is 11.3 Å². The Morgan fingerprint density at radius 3 is 2.65 bits per heavy atom. The third-order valence-corrected chi connectivity index (χ3v) is 3.33. The fourth-order valence-electron chi connectivity index (χ4n) is 1.80. The fourth-order valence-corrected chi connectivity index (χ4v) is 2.21. The third-order valence-electron chi connectivity index (χ3n) is 2.73. The minimum atomic E-state index is -1.19. The summed E-state index contributed by atoms with van der Waals surface area (Å²) in [6.07, 6.45) is 0. The van der Waals surface area contributed by atoms with E-state index in [0.29, 0.717) is 5.69 Å². The molecule has 2 N–H and O–H groups in total. The normalized spacial score (nSPS) is 10.6. The molecule has 0 aliphatic heterocycles. The summed E-state index contributed by atoms with van der Waals surface area (Å²) in [6.45, 7) is 0. The lowest BCUT2D eigenvalue weighted by molar-refractivity contribution is 0.0689. The van der Waals surface area contributed by atoms with Crippen molar-refractivity contribution in [3.8, 4) is 22.8 Å². The maximum atomic E-state index is 14.0. The van der Waals surface area contributed by atoms with Gasteiger partial charge >= 0.3 is 5.97 Å². The molecule has 0 bridgehead atoms. The van der Waals surface area contributed by atoms with Gasteiger partial charge in [-0.1, -0.05) is 0 Å². The number of aromatic nitrogens is 2. The molecule has 1 heterocycles.